The van der Waals surface area contributed by atoms with Gasteiger partial charge in [0.25, 0.3) is 0 Å². The van der Waals surface area contributed by atoms with Crippen molar-refractivity contribution in [1.82, 2.24) is 9.21 Å². The Bertz CT molecular complexity index is 1050. The molecule has 2 heterocycles. The number of nitrogens with zero attached hydrogens (tertiary/aromatic N) is 2. The number of hydrogen-bond acceptors (Lipinski definition) is 6. The van der Waals surface area contributed by atoms with E-state index in [1.165, 1.54) is 11.4 Å². The molecule has 0 N–H and O–H groups in total. The number of piperidine rings is 1. The van der Waals surface area contributed by atoms with Crippen LogP contribution < -0.4 is 14.2 Å². The van der Waals surface area contributed by atoms with Gasteiger partial charge in [0.15, 0.2) is 11.5 Å². The van der Waals surface area contributed by atoms with Crippen LogP contribution in [0.4, 0.5) is 0 Å². The first kappa shape index (κ1) is 21.5. The van der Waals surface area contributed by atoms with Crippen LogP contribution in [0.15, 0.2) is 47.4 Å². The molecule has 4 rings (SSSR count). The van der Waals surface area contributed by atoms with Crippen molar-refractivity contribution < 1.29 is 27.4 Å². The third-order valence-corrected chi connectivity index (χ3v) is 7.65. The van der Waals surface area contributed by atoms with E-state index in [9.17, 15) is 13.2 Å². The molecular weight excluding hydrogens is 420 g/mol. The minimum atomic E-state index is -3.58. The van der Waals surface area contributed by atoms with E-state index < -0.39 is 10.0 Å². The molecule has 2 aromatic carbocycles. The summed E-state index contributed by atoms with van der Waals surface area (Å²) in [4.78, 5) is 14.8. The highest BCUT2D eigenvalue weighted by Crippen LogP contribution is 2.33. The Kier molecular flexibility index (Phi) is 6.06. The highest BCUT2D eigenvalue weighted by atomic mass is 32.2. The zero-order chi connectivity index (χ0) is 22.0. The Balaban J connectivity index is 1.34. The van der Waals surface area contributed by atoms with Crippen LogP contribution in [0.3, 0.4) is 0 Å². The summed E-state index contributed by atoms with van der Waals surface area (Å²) in [6.07, 6.45) is 0.999. The average Bonchev–Trinajstić information content (AvgIpc) is 3.26. The third kappa shape index (κ3) is 4.47. The van der Waals surface area contributed by atoms with E-state index in [0.717, 1.165) is 5.56 Å². The maximum absolute atomic E-state index is 12.9. The lowest BCUT2D eigenvalue weighted by Gasteiger charge is -2.32. The fourth-order valence-electron chi connectivity index (χ4n) is 3.94. The first-order valence-corrected chi connectivity index (χ1v) is 11.6. The van der Waals surface area contributed by atoms with Gasteiger partial charge in [-0.05, 0) is 54.8 Å². The zero-order valence-corrected chi connectivity index (χ0v) is 18.4. The van der Waals surface area contributed by atoms with Gasteiger partial charge < -0.3 is 19.1 Å². The van der Waals surface area contributed by atoms with Gasteiger partial charge >= 0.3 is 0 Å². The van der Waals surface area contributed by atoms with Gasteiger partial charge in [0.2, 0.25) is 22.7 Å². The number of sulfonamides is 1. The van der Waals surface area contributed by atoms with Crippen molar-refractivity contribution in [3.8, 4) is 17.2 Å². The summed E-state index contributed by atoms with van der Waals surface area (Å²) in [6, 6.07) is 12.0. The van der Waals surface area contributed by atoms with Gasteiger partial charge in [0.1, 0.15) is 5.75 Å². The Morgan fingerprint density at radius 3 is 2.45 bits per heavy atom. The Labute approximate surface area is 182 Å². The molecule has 8 nitrogen and oxygen atoms in total. The van der Waals surface area contributed by atoms with Crippen LogP contribution in [-0.4, -0.2) is 57.6 Å². The summed E-state index contributed by atoms with van der Waals surface area (Å²) in [6.45, 7) is 1.32. The van der Waals surface area contributed by atoms with Crippen LogP contribution in [0.5, 0.6) is 17.2 Å². The van der Waals surface area contributed by atoms with Gasteiger partial charge in [-0.3, -0.25) is 4.79 Å². The molecule has 1 saturated heterocycles. The molecule has 0 radical (unpaired) electrons. The number of fused-ring (bicyclic) bond motifs is 1. The molecule has 0 spiro atoms. The molecular formula is C22H26N2O6S. The maximum atomic E-state index is 12.9. The number of rotatable bonds is 6. The van der Waals surface area contributed by atoms with Crippen LogP contribution in [0.2, 0.25) is 0 Å². The summed E-state index contributed by atoms with van der Waals surface area (Å²) in [5.41, 5.74) is 0.958. The molecule has 1 amide bonds. The molecule has 2 aliphatic heterocycles. The number of carbonyl (C=O) groups is 1. The van der Waals surface area contributed by atoms with E-state index in [1.807, 2.05) is 18.2 Å². The van der Waals surface area contributed by atoms with Crippen molar-refractivity contribution in [3.05, 3.63) is 48.0 Å². The number of carbonyl (C=O) groups excluding carboxylic acids is 1. The Morgan fingerprint density at radius 2 is 1.77 bits per heavy atom. The van der Waals surface area contributed by atoms with E-state index >= 15 is 0 Å². The molecule has 0 unspecified atom stereocenters. The molecule has 1 fully saturated rings. The van der Waals surface area contributed by atoms with Gasteiger partial charge in [-0.15, -0.1) is 0 Å². The Hall–Kier alpha value is -2.78. The summed E-state index contributed by atoms with van der Waals surface area (Å²) in [5.74, 6) is 1.84. The minimum absolute atomic E-state index is 0.0270. The monoisotopic (exact) mass is 446 g/mol. The number of methoxy groups -OCH3 is 1. The van der Waals surface area contributed by atoms with Crippen LogP contribution in [-0.2, 0) is 21.4 Å². The molecule has 0 aliphatic carbocycles. The number of hydrogen-bond donors (Lipinski definition) is 0. The summed E-state index contributed by atoms with van der Waals surface area (Å²) < 4.78 is 43.1. The van der Waals surface area contributed by atoms with Crippen molar-refractivity contribution >= 4 is 15.9 Å². The first-order valence-electron chi connectivity index (χ1n) is 10.2. The standard InChI is InChI=1S/C22H26N2O6S/c1-23(14-16-3-8-20-21(13-16)30-15-29-20)22(25)17-9-11-24(12-10-17)31(26,27)19-6-4-18(28-2)5-7-19/h3-8,13,17H,9-12,14-15H2,1-2H3. The van der Waals surface area contributed by atoms with Crippen molar-refractivity contribution in [3.63, 3.8) is 0 Å². The highest BCUT2D eigenvalue weighted by Gasteiger charge is 2.33. The molecule has 0 aromatic heterocycles. The predicted molar refractivity (Wildman–Crippen MR) is 114 cm³/mol. The molecule has 2 aromatic rings. The lowest BCUT2D eigenvalue weighted by atomic mass is 9.96. The number of benzene rings is 2. The van der Waals surface area contributed by atoms with Gasteiger partial charge in [0.05, 0.1) is 12.0 Å². The van der Waals surface area contributed by atoms with Gasteiger partial charge in [-0.1, -0.05) is 6.07 Å². The lowest BCUT2D eigenvalue weighted by Crippen LogP contribution is -2.43. The summed E-state index contributed by atoms with van der Waals surface area (Å²) in [7, 11) is -0.276. The maximum Gasteiger partial charge on any atom is 0.243 e. The van der Waals surface area contributed by atoms with Crippen molar-refractivity contribution in [1.29, 1.82) is 0 Å². The Morgan fingerprint density at radius 1 is 1.10 bits per heavy atom. The molecule has 0 atom stereocenters. The zero-order valence-electron chi connectivity index (χ0n) is 17.6. The van der Waals surface area contributed by atoms with E-state index in [1.54, 1.807) is 36.2 Å². The van der Waals surface area contributed by atoms with E-state index in [-0.39, 0.29) is 23.5 Å². The van der Waals surface area contributed by atoms with Crippen molar-refractivity contribution in [2.24, 2.45) is 5.92 Å². The second-order valence-corrected chi connectivity index (χ2v) is 9.67. The topological polar surface area (TPSA) is 85.4 Å². The van der Waals surface area contributed by atoms with Crippen LogP contribution in [0, 0.1) is 5.92 Å². The quantitative estimate of drug-likeness (QED) is 0.678. The molecule has 0 saturated carbocycles. The summed E-state index contributed by atoms with van der Waals surface area (Å²) >= 11 is 0. The van der Waals surface area contributed by atoms with E-state index in [2.05, 4.69) is 0 Å². The van der Waals surface area contributed by atoms with Crippen LogP contribution in [0.1, 0.15) is 18.4 Å². The molecule has 31 heavy (non-hydrogen) atoms. The third-order valence-electron chi connectivity index (χ3n) is 5.73. The lowest BCUT2D eigenvalue weighted by molar-refractivity contribution is -0.135. The van der Waals surface area contributed by atoms with Gasteiger partial charge in [-0.25, -0.2) is 8.42 Å². The molecule has 2 aliphatic rings. The van der Waals surface area contributed by atoms with Crippen LogP contribution >= 0.6 is 0 Å². The second kappa shape index (κ2) is 8.76. The first-order chi connectivity index (χ1) is 14.9. The molecule has 0 bridgehead atoms. The van der Waals surface area contributed by atoms with E-state index in [4.69, 9.17) is 14.2 Å². The summed E-state index contributed by atoms with van der Waals surface area (Å²) in [5, 5.41) is 0. The van der Waals surface area contributed by atoms with Crippen molar-refractivity contribution in [2.75, 3.05) is 34.0 Å². The van der Waals surface area contributed by atoms with E-state index in [0.29, 0.717) is 49.7 Å². The SMILES string of the molecule is COc1ccc(S(=O)(=O)N2CCC(C(=O)N(C)Cc3ccc4c(c3)OCO4)CC2)cc1. The fraction of sp³-hybridized carbons (Fsp3) is 0.409. The highest BCUT2D eigenvalue weighted by molar-refractivity contribution is 7.89. The normalized spacial score (nSPS) is 16.8. The number of ether oxygens (including phenoxy) is 3. The largest absolute Gasteiger partial charge is 0.497 e. The predicted octanol–water partition coefficient (Wildman–Crippen LogP) is 2.48. The average molecular weight is 447 g/mol. The fourth-order valence-corrected chi connectivity index (χ4v) is 5.41. The van der Waals surface area contributed by atoms with Gasteiger partial charge in [0, 0.05) is 32.6 Å². The smallest absolute Gasteiger partial charge is 0.243 e. The second-order valence-electron chi connectivity index (χ2n) is 7.74. The molecule has 9 heteroatoms. The minimum Gasteiger partial charge on any atom is -0.497 e. The van der Waals surface area contributed by atoms with Crippen LogP contribution in [0.25, 0.3) is 0 Å². The van der Waals surface area contributed by atoms with Gasteiger partial charge in [-0.2, -0.15) is 4.31 Å². The van der Waals surface area contributed by atoms with Crippen molar-refractivity contribution in [2.45, 2.75) is 24.3 Å². The molecule has 166 valence electrons. The number of amides is 1.